The Hall–Kier alpha value is -2.40. The summed E-state index contributed by atoms with van der Waals surface area (Å²) in [7, 11) is 0. The maximum atomic E-state index is 12.3. The summed E-state index contributed by atoms with van der Waals surface area (Å²) < 4.78 is 0. The van der Waals surface area contributed by atoms with Crippen LogP contribution >= 0.6 is 11.3 Å². The molecule has 1 aromatic carbocycles. The van der Waals surface area contributed by atoms with Crippen LogP contribution in [0.25, 0.3) is 6.08 Å². The van der Waals surface area contributed by atoms with Crippen molar-refractivity contribution in [2.24, 2.45) is 11.7 Å². The third-order valence-corrected chi connectivity index (χ3v) is 5.94. The second kappa shape index (κ2) is 8.32. The van der Waals surface area contributed by atoms with E-state index in [0.29, 0.717) is 16.5 Å². The van der Waals surface area contributed by atoms with Crippen molar-refractivity contribution in [3.8, 4) is 0 Å². The molecule has 136 valence electrons. The number of amides is 2. The Balaban J connectivity index is 1.78. The van der Waals surface area contributed by atoms with E-state index in [0.717, 1.165) is 30.4 Å². The zero-order chi connectivity index (χ0) is 18.5. The fourth-order valence-corrected chi connectivity index (χ4v) is 4.92. The highest BCUT2D eigenvalue weighted by Crippen LogP contribution is 2.40. The van der Waals surface area contributed by atoms with Crippen LogP contribution in [0.1, 0.15) is 52.5 Å². The summed E-state index contributed by atoms with van der Waals surface area (Å²) in [6.45, 7) is 2.20. The molecule has 1 atom stereocenters. The van der Waals surface area contributed by atoms with Crippen molar-refractivity contribution < 1.29 is 9.59 Å². The molecular weight excluding hydrogens is 344 g/mol. The summed E-state index contributed by atoms with van der Waals surface area (Å²) >= 11 is 1.50. The molecule has 0 aliphatic heterocycles. The van der Waals surface area contributed by atoms with Crippen molar-refractivity contribution in [1.82, 2.24) is 0 Å². The lowest BCUT2D eigenvalue weighted by molar-refractivity contribution is -0.111. The molecule has 0 bridgehead atoms. The van der Waals surface area contributed by atoms with E-state index in [9.17, 15) is 9.59 Å². The van der Waals surface area contributed by atoms with Gasteiger partial charge in [-0.1, -0.05) is 50.1 Å². The topological polar surface area (TPSA) is 72.2 Å². The first-order chi connectivity index (χ1) is 12.6. The van der Waals surface area contributed by atoms with Gasteiger partial charge in [-0.3, -0.25) is 9.59 Å². The smallest absolute Gasteiger partial charge is 0.251 e. The van der Waals surface area contributed by atoms with Gasteiger partial charge in [0, 0.05) is 11.0 Å². The average Bonchev–Trinajstić information content (AvgIpc) is 2.98. The number of primary amides is 1. The Bertz CT molecular complexity index is 824. The molecule has 0 saturated heterocycles. The molecule has 4 nitrogen and oxygen atoms in total. The molecule has 0 radical (unpaired) electrons. The van der Waals surface area contributed by atoms with Crippen LogP contribution in [-0.4, -0.2) is 11.8 Å². The lowest BCUT2D eigenvalue weighted by Crippen LogP contribution is -2.19. The van der Waals surface area contributed by atoms with Crippen LogP contribution in [0.5, 0.6) is 0 Å². The van der Waals surface area contributed by atoms with Crippen molar-refractivity contribution in [2.75, 3.05) is 5.32 Å². The molecule has 0 saturated carbocycles. The van der Waals surface area contributed by atoms with Gasteiger partial charge in [0.25, 0.3) is 5.91 Å². The Kier molecular flexibility index (Phi) is 5.89. The number of nitrogens with two attached hydrogens (primary N) is 1. The summed E-state index contributed by atoms with van der Waals surface area (Å²) in [6.07, 6.45) is 8.53. The number of rotatable bonds is 6. The van der Waals surface area contributed by atoms with E-state index in [1.54, 1.807) is 6.08 Å². The van der Waals surface area contributed by atoms with E-state index in [1.807, 2.05) is 30.3 Å². The van der Waals surface area contributed by atoms with Gasteiger partial charge in [0.1, 0.15) is 5.00 Å². The molecule has 1 aromatic heterocycles. The van der Waals surface area contributed by atoms with Crippen LogP contribution in [0.2, 0.25) is 0 Å². The van der Waals surface area contributed by atoms with E-state index in [1.165, 1.54) is 35.1 Å². The minimum Gasteiger partial charge on any atom is -0.365 e. The van der Waals surface area contributed by atoms with Gasteiger partial charge in [0.15, 0.2) is 0 Å². The molecule has 0 fully saturated rings. The molecule has 26 heavy (non-hydrogen) atoms. The number of thiophene rings is 1. The van der Waals surface area contributed by atoms with Crippen LogP contribution in [0.15, 0.2) is 36.4 Å². The number of benzene rings is 1. The van der Waals surface area contributed by atoms with Crippen LogP contribution in [0, 0.1) is 5.92 Å². The number of carbonyl (C=O) groups is 2. The third kappa shape index (κ3) is 4.22. The van der Waals surface area contributed by atoms with E-state index in [-0.39, 0.29) is 5.91 Å². The highest BCUT2D eigenvalue weighted by atomic mass is 32.1. The Labute approximate surface area is 158 Å². The first-order valence-electron chi connectivity index (χ1n) is 9.07. The van der Waals surface area contributed by atoms with E-state index in [4.69, 9.17) is 5.73 Å². The van der Waals surface area contributed by atoms with Crippen LogP contribution in [0.3, 0.4) is 0 Å². The second-order valence-electron chi connectivity index (χ2n) is 6.70. The van der Waals surface area contributed by atoms with Crippen LogP contribution < -0.4 is 11.1 Å². The van der Waals surface area contributed by atoms with Gasteiger partial charge in [-0.05, 0) is 42.4 Å². The van der Waals surface area contributed by atoms with Gasteiger partial charge >= 0.3 is 0 Å². The molecule has 3 N–H and O–H groups in total. The normalized spacial score (nSPS) is 16.4. The molecule has 0 unspecified atom stereocenters. The number of hydrogen-bond acceptors (Lipinski definition) is 3. The van der Waals surface area contributed by atoms with Crippen molar-refractivity contribution in [3.63, 3.8) is 0 Å². The molecule has 0 spiro atoms. The van der Waals surface area contributed by atoms with Gasteiger partial charge in [-0.25, -0.2) is 0 Å². The Morgan fingerprint density at radius 3 is 2.77 bits per heavy atom. The molecule has 1 heterocycles. The number of anilines is 1. The number of fused-ring (bicyclic) bond motifs is 1. The number of nitrogens with one attached hydrogen (secondary N) is 1. The molecular formula is C21H24N2O2S. The zero-order valence-electron chi connectivity index (χ0n) is 15.0. The standard InChI is InChI=1S/C21H24N2O2S/c1-2-6-15-9-11-16-17(13-15)26-21(19(16)20(22)25)23-18(24)12-10-14-7-4-3-5-8-14/h3-5,7-8,10,12,15H,2,6,9,11,13H2,1H3,(H2,22,25)(H,23,24)/b12-10-/t15-/m0/s1. The molecule has 2 aromatic rings. The molecule has 1 aliphatic carbocycles. The van der Waals surface area contributed by atoms with Gasteiger partial charge in [0.2, 0.25) is 5.91 Å². The lowest BCUT2D eigenvalue weighted by Gasteiger charge is -2.21. The third-order valence-electron chi connectivity index (χ3n) is 4.77. The van der Waals surface area contributed by atoms with Crippen LogP contribution in [-0.2, 0) is 17.6 Å². The number of hydrogen-bond donors (Lipinski definition) is 2. The van der Waals surface area contributed by atoms with E-state index < -0.39 is 5.91 Å². The summed E-state index contributed by atoms with van der Waals surface area (Å²) in [5.74, 6) is -0.0488. The maximum absolute atomic E-state index is 12.3. The van der Waals surface area contributed by atoms with Gasteiger partial charge in [-0.15, -0.1) is 11.3 Å². The minimum atomic E-state index is -0.459. The molecule has 2 amide bonds. The first-order valence-corrected chi connectivity index (χ1v) is 9.88. The van der Waals surface area contributed by atoms with Crippen molar-refractivity contribution >= 4 is 34.2 Å². The summed E-state index contributed by atoms with van der Waals surface area (Å²) in [5, 5.41) is 3.44. The summed E-state index contributed by atoms with van der Waals surface area (Å²) in [4.78, 5) is 25.5. The largest absolute Gasteiger partial charge is 0.365 e. The fourth-order valence-electron chi connectivity index (χ4n) is 3.55. The van der Waals surface area contributed by atoms with Crippen molar-refractivity contribution in [2.45, 2.75) is 39.0 Å². The van der Waals surface area contributed by atoms with Crippen molar-refractivity contribution in [1.29, 1.82) is 0 Å². The highest BCUT2D eigenvalue weighted by molar-refractivity contribution is 7.17. The Morgan fingerprint density at radius 2 is 2.08 bits per heavy atom. The lowest BCUT2D eigenvalue weighted by atomic mass is 9.84. The maximum Gasteiger partial charge on any atom is 0.251 e. The van der Waals surface area contributed by atoms with Crippen molar-refractivity contribution in [3.05, 3.63) is 58.0 Å². The van der Waals surface area contributed by atoms with Gasteiger partial charge in [-0.2, -0.15) is 0 Å². The number of carbonyl (C=O) groups excluding carboxylic acids is 2. The minimum absolute atomic E-state index is 0.250. The van der Waals surface area contributed by atoms with Gasteiger partial charge in [0.05, 0.1) is 5.56 Å². The monoisotopic (exact) mass is 368 g/mol. The fraction of sp³-hybridized carbons (Fsp3) is 0.333. The van der Waals surface area contributed by atoms with Crippen LogP contribution in [0.4, 0.5) is 5.00 Å². The molecule has 5 heteroatoms. The highest BCUT2D eigenvalue weighted by Gasteiger charge is 2.28. The first kappa shape index (κ1) is 18.4. The SMILES string of the molecule is CCC[C@H]1CCc2c(sc(NC(=O)/C=C\c3ccccc3)c2C(N)=O)C1. The summed E-state index contributed by atoms with van der Waals surface area (Å²) in [5.41, 5.74) is 8.11. The molecule has 1 aliphatic rings. The van der Waals surface area contributed by atoms with E-state index in [2.05, 4.69) is 12.2 Å². The second-order valence-corrected chi connectivity index (χ2v) is 7.81. The quantitative estimate of drug-likeness (QED) is 0.742. The predicted octanol–water partition coefficient (Wildman–Crippen LogP) is 4.40. The van der Waals surface area contributed by atoms with E-state index >= 15 is 0 Å². The molecule has 3 rings (SSSR count). The predicted molar refractivity (Wildman–Crippen MR) is 107 cm³/mol. The summed E-state index contributed by atoms with van der Waals surface area (Å²) in [6, 6.07) is 9.62. The zero-order valence-corrected chi connectivity index (χ0v) is 15.8. The average molecular weight is 369 g/mol. The Morgan fingerprint density at radius 1 is 1.31 bits per heavy atom. The van der Waals surface area contributed by atoms with Gasteiger partial charge < -0.3 is 11.1 Å².